The molecular formula is C19H37NO9. The summed E-state index contributed by atoms with van der Waals surface area (Å²) in [7, 11) is 9.55. The van der Waals surface area contributed by atoms with Crippen molar-refractivity contribution in [2.24, 2.45) is 11.7 Å². The Kier molecular flexibility index (Phi) is 10.2. The van der Waals surface area contributed by atoms with Crippen molar-refractivity contribution in [3.63, 3.8) is 0 Å². The molecule has 172 valence electrons. The van der Waals surface area contributed by atoms with E-state index in [0.29, 0.717) is 6.54 Å². The van der Waals surface area contributed by atoms with Gasteiger partial charge in [-0.1, -0.05) is 6.92 Å². The average molecular weight is 424 g/mol. The lowest BCUT2D eigenvalue weighted by Crippen LogP contribution is -2.64. The van der Waals surface area contributed by atoms with Gasteiger partial charge in [-0.25, -0.2) is 0 Å². The molecule has 0 aliphatic carbocycles. The van der Waals surface area contributed by atoms with Gasteiger partial charge in [0.1, 0.15) is 30.5 Å². The van der Waals surface area contributed by atoms with Crippen LogP contribution in [0.1, 0.15) is 6.92 Å². The van der Waals surface area contributed by atoms with E-state index >= 15 is 0 Å². The predicted molar refractivity (Wildman–Crippen MR) is 102 cm³/mol. The number of nitrogens with two attached hydrogens (primary N) is 1. The Labute approximate surface area is 173 Å². The van der Waals surface area contributed by atoms with Crippen molar-refractivity contribution in [1.29, 1.82) is 0 Å². The fraction of sp³-hybridized carbons (Fsp3) is 1.00. The van der Waals surface area contributed by atoms with Gasteiger partial charge in [0, 0.05) is 55.1 Å². The molecule has 2 aliphatic rings. The molecule has 0 radical (unpaired) electrons. The zero-order valence-electron chi connectivity index (χ0n) is 18.4. The van der Waals surface area contributed by atoms with Crippen LogP contribution < -0.4 is 5.73 Å². The molecule has 0 aromatic carbocycles. The van der Waals surface area contributed by atoms with Crippen molar-refractivity contribution in [3.8, 4) is 0 Å². The topological polar surface area (TPSA) is 109 Å². The van der Waals surface area contributed by atoms with Crippen LogP contribution in [0.4, 0.5) is 0 Å². The van der Waals surface area contributed by atoms with Crippen LogP contribution in [0.15, 0.2) is 0 Å². The standard InChI is InChI=1S/C19H37NO9/c1-10-11(8-20)27-19(16(24-5)13(10)22-3)29-14-12(9-21-2)28-18(26-7)17(25-6)15(14)23-4/h10-19H,8-9,20H2,1-7H3/t10-,11?,12?,13-,14-,15-,16?,17?,18+,19-/m0/s1. The Morgan fingerprint density at radius 2 is 1.21 bits per heavy atom. The Bertz CT molecular complexity index is 471. The van der Waals surface area contributed by atoms with Gasteiger partial charge in [-0.15, -0.1) is 0 Å². The highest BCUT2D eigenvalue weighted by molar-refractivity contribution is 4.95. The van der Waals surface area contributed by atoms with E-state index in [4.69, 9.17) is 48.4 Å². The van der Waals surface area contributed by atoms with Crippen LogP contribution in [0.25, 0.3) is 0 Å². The van der Waals surface area contributed by atoms with Gasteiger partial charge in [-0.05, 0) is 0 Å². The Morgan fingerprint density at radius 1 is 0.655 bits per heavy atom. The van der Waals surface area contributed by atoms with Crippen LogP contribution in [0.5, 0.6) is 0 Å². The van der Waals surface area contributed by atoms with Gasteiger partial charge in [-0.3, -0.25) is 0 Å². The molecule has 10 nitrogen and oxygen atoms in total. The summed E-state index contributed by atoms with van der Waals surface area (Å²) in [5.74, 6) is 0.0370. The third kappa shape index (κ3) is 5.27. The van der Waals surface area contributed by atoms with Crippen LogP contribution in [-0.2, 0) is 42.6 Å². The molecule has 0 saturated carbocycles. The zero-order valence-corrected chi connectivity index (χ0v) is 18.4. The van der Waals surface area contributed by atoms with Gasteiger partial charge in [0.15, 0.2) is 12.6 Å². The number of methoxy groups -OCH3 is 6. The van der Waals surface area contributed by atoms with Crippen molar-refractivity contribution in [1.82, 2.24) is 0 Å². The van der Waals surface area contributed by atoms with E-state index in [1.807, 2.05) is 6.92 Å². The molecule has 4 unspecified atom stereocenters. The quantitative estimate of drug-likeness (QED) is 0.506. The molecule has 2 N–H and O–H groups in total. The molecule has 10 atom stereocenters. The van der Waals surface area contributed by atoms with Crippen LogP contribution >= 0.6 is 0 Å². The average Bonchev–Trinajstić information content (AvgIpc) is 2.74. The van der Waals surface area contributed by atoms with Crippen LogP contribution in [0.2, 0.25) is 0 Å². The smallest absolute Gasteiger partial charge is 0.187 e. The minimum Gasteiger partial charge on any atom is -0.382 e. The van der Waals surface area contributed by atoms with E-state index in [1.165, 1.54) is 0 Å². The Hall–Kier alpha value is -0.400. The molecule has 0 bridgehead atoms. The monoisotopic (exact) mass is 423 g/mol. The lowest BCUT2D eigenvalue weighted by molar-refractivity contribution is -0.358. The highest BCUT2D eigenvalue weighted by atomic mass is 16.8. The van der Waals surface area contributed by atoms with Crippen molar-refractivity contribution < 1.29 is 42.6 Å². The normalized spacial score (nSPS) is 43.4. The second-order valence-electron chi connectivity index (χ2n) is 7.27. The summed E-state index contributed by atoms with van der Waals surface area (Å²) in [6, 6.07) is 0. The van der Waals surface area contributed by atoms with Crippen molar-refractivity contribution in [2.45, 2.75) is 62.2 Å². The molecule has 2 fully saturated rings. The highest BCUT2D eigenvalue weighted by Gasteiger charge is 2.52. The first kappa shape index (κ1) is 24.9. The highest BCUT2D eigenvalue weighted by Crippen LogP contribution is 2.34. The molecule has 0 aromatic heterocycles. The fourth-order valence-corrected chi connectivity index (χ4v) is 4.21. The third-order valence-electron chi connectivity index (χ3n) is 5.77. The second-order valence-corrected chi connectivity index (χ2v) is 7.27. The molecule has 2 saturated heterocycles. The van der Waals surface area contributed by atoms with E-state index in [2.05, 4.69) is 0 Å². The summed E-state index contributed by atoms with van der Waals surface area (Å²) >= 11 is 0. The Balaban J connectivity index is 2.29. The van der Waals surface area contributed by atoms with Gasteiger partial charge in [0.05, 0.1) is 18.8 Å². The minimum absolute atomic E-state index is 0.0370. The van der Waals surface area contributed by atoms with Gasteiger partial charge in [0.25, 0.3) is 0 Å². The van der Waals surface area contributed by atoms with Gasteiger partial charge in [-0.2, -0.15) is 0 Å². The molecule has 0 amide bonds. The molecule has 2 aliphatic heterocycles. The molecular weight excluding hydrogens is 386 g/mol. The van der Waals surface area contributed by atoms with E-state index in [9.17, 15) is 0 Å². The second kappa shape index (κ2) is 11.8. The lowest BCUT2D eigenvalue weighted by atomic mass is 9.90. The predicted octanol–water partition coefficient (Wildman–Crippen LogP) is -0.231. The molecule has 2 rings (SSSR count). The maximum absolute atomic E-state index is 6.39. The summed E-state index contributed by atoms with van der Waals surface area (Å²) < 4.78 is 52.0. The maximum atomic E-state index is 6.39. The van der Waals surface area contributed by atoms with Crippen LogP contribution in [0.3, 0.4) is 0 Å². The van der Waals surface area contributed by atoms with E-state index < -0.39 is 43.1 Å². The summed E-state index contributed by atoms with van der Waals surface area (Å²) in [5.41, 5.74) is 5.92. The van der Waals surface area contributed by atoms with Gasteiger partial charge < -0.3 is 48.4 Å². The van der Waals surface area contributed by atoms with E-state index in [-0.39, 0.29) is 24.7 Å². The van der Waals surface area contributed by atoms with Crippen molar-refractivity contribution in [2.75, 3.05) is 55.8 Å². The summed E-state index contributed by atoms with van der Waals surface area (Å²) in [6.45, 7) is 2.63. The first-order valence-corrected chi connectivity index (χ1v) is 9.80. The first-order chi connectivity index (χ1) is 14.0. The molecule has 0 spiro atoms. The molecule has 2 heterocycles. The summed E-state index contributed by atoms with van der Waals surface area (Å²) in [6.07, 6.45) is -4.35. The van der Waals surface area contributed by atoms with Crippen molar-refractivity contribution in [3.05, 3.63) is 0 Å². The number of ether oxygens (including phenoxy) is 9. The lowest BCUT2D eigenvalue weighted by Gasteiger charge is -2.49. The third-order valence-corrected chi connectivity index (χ3v) is 5.77. The first-order valence-electron chi connectivity index (χ1n) is 9.80. The van der Waals surface area contributed by atoms with Crippen molar-refractivity contribution >= 4 is 0 Å². The largest absolute Gasteiger partial charge is 0.382 e. The van der Waals surface area contributed by atoms with Gasteiger partial charge >= 0.3 is 0 Å². The number of hydrogen-bond donors (Lipinski definition) is 1. The number of hydrogen-bond acceptors (Lipinski definition) is 10. The van der Waals surface area contributed by atoms with Crippen LogP contribution in [-0.4, -0.2) is 111 Å². The van der Waals surface area contributed by atoms with E-state index in [1.54, 1.807) is 42.7 Å². The molecule has 0 aromatic rings. The molecule has 29 heavy (non-hydrogen) atoms. The zero-order chi connectivity index (χ0) is 21.6. The van der Waals surface area contributed by atoms with E-state index in [0.717, 1.165) is 0 Å². The molecule has 10 heteroatoms. The number of rotatable bonds is 10. The maximum Gasteiger partial charge on any atom is 0.187 e. The van der Waals surface area contributed by atoms with Gasteiger partial charge in [0.2, 0.25) is 0 Å². The Morgan fingerprint density at radius 3 is 1.69 bits per heavy atom. The van der Waals surface area contributed by atoms with Crippen LogP contribution in [0, 0.1) is 5.92 Å². The fourth-order valence-electron chi connectivity index (χ4n) is 4.21. The minimum atomic E-state index is -0.739. The SMILES string of the molecule is COCC1O[C@@H](OC)C(OC)[C@@H](OC)[C@H]1O[C@@H]1OC(CN)[C@H](C)[C@H](OC)C1OC. The summed E-state index contributed by atoms with van der Waals surface area (Å²) in [4.78, 5) is 0. The summed E-state index contributed by atoms with van der Waals surface area (Å²) in [5, 5.41) is 0.